The monoisotopic (exact) mass is 525 g/mol. The molecule has 4 rings (SSSR count). The van der Waals surface area contributed by atoms with Gasteiger partial charge in [0.1, 0.15) is 11.8 Å². The average molecular weight is 526 g/mol. The SMILES string of the molecule is Cc1oc([C@@H](Cc2cn(C)c3ccccc23)N(C(=O)[C@@H](N)CC(C)C)C(=O)N2CCOCC2)nc1C(=O)O. The summed E-state index contributed by atoms with van der Waals surface area (Å²) < 4.78 is 13.2. The van der Waals surface area contributed by atoms with E-state index >= 15 is 0 Å². The lowest BCUT2D eigenvalue weighted by molar-refractivity contribution is -0.133. The highest BCUT2D eigenvalue weighted by Crippen LogP contribution is 2.32. The minimum Gasteiger partial charge on any atom is -0.476 e. The van der Waals surface area contributed by atoms with E-state index in [1.165, 1.54) is 6.92 Å². The van der Waals surface area contributed by atoms with Crippen LogP contribution in [-0.4, -0.2) is 74.7 Å². The number of benzene rings is 1. The first-order valence-corrected chi connectivity index (χ1v) is 12.8. The Labute approximate surface area is 221 Å². The van der Waals surface area contributed by atoms with E-state index in [1.807, 2.05) is 55.9 Å². The van der Waals surface area contributed by atoms with Gasteiger partial charge in [-0.15, -0.1) is 0 Å². The fraction of sp³-hybridized carbons (Fsp3) is 0.481. The lowest BCUT2D eigenvalue weighted by Crippen LogP contribution is -2.55. The van der Waals surface area contributed by atoms with E-state index in [-0.39, 0.29) is 29.7 Å². The van der Waals surface area contributed by atoms with Crippen LogP contribution in [0.1, 0.15) is 54.0 Å². The number of nitrogens with two attached hydrogens (primary N) is 1. The first-order valence-electron chi connectivity index (χ1n) is 12.8. The summed E-state index contributed by atoms with van der Waals surface area (Å²) in [7, 11) is 1.92. The number of urea groups is 1. The van der Waals surface area contributed by atoms with Crippen molar-refractivity contribution in [1.82, 2.24) is 19.4 Å². The second-order valence-corrected chi connectivity index (χ2v) is 10.1. The Morgan fingerprint density at radius 3 is 2.50 bits per heavy atom. The van der Waals surface area contributed by atoms with Crippen molar-refractivity contribution in [1.29, 1.82) is 0 Å². The lowest BCUT2D eigenvalue weighted by Gasteiger charge is -2.36. The standard InChI is InChI=1S/C27H35N5O6/c1-16(2)13-20(28)25(33)32(27(36)31-9-11-37-12-10-31)22(24-29-23(26(34)35)17(3)38-24)14-18-15-30(4)21-8-6-5-7-19(18)21/h5-8,15-16,20,22H,9-14,28H2,1-4H3,(H,34,35)/t20-,22+/m0/s1. The second-order valence-electron chi connectivity index (χ2n) is 10.1. The fourth-order valence-corrected chi connectivity index (χ4v) is 4.92. The Morgan fingerprint density at radius 1 is 1.18 bits per heavy atom. The zero-order valence-electron chi connectivity index (χ0n) is 22.2. The molecule has 0 bridgehead atoms. The highest BCUT2D eigenvalue weighted by Gasteiger charge is 2.40. The van der Waals surface area contributed by atoms with E-state index < -0.39 is 30.0 Å². The van der Waals surface area contributed by atoms with Crippen LogP contribution in [0.3, 0.4) is 0 Å². The van der Waals surface area contributed by atoms with E-state index in [1.54, 1.807) is 4.90 Å². The van der Waals surface area contributed by atoms with Gasteiger partial charge in [-0.2, -0.15) is 0 Å². The molecule has 3 aromatic rings. The van der Waals surface area contributed by atoms with Crippen LogP contribution in [0.2, 0.25) is 0 Å². The quantitative estimate of drug-likeness (QED) is 0.456. The van der Waals surface area contributed by atoms with Crippen molar-refractivity contribution in [2.75, 3.05) is 26.3 Å². The summed E-state index contributed by atoms with van der Waals surface area (Å²) in [6.07, 6.45) is 2.47. The molecule has 204 valence electrons. The highest BCUT2D eigenvalue weighted by atomic mass is 16.5. The van der Waals surface area contributed by atoms with Gasteiger partial charge in [-0.05, 0) is 30.9 Å². The smallest absolute Gasteiger partial charge is 0.358 e. The second kappa shape index (κ2) is 11.4. The molecule has 2 atom stereocenters. The van der Waals surface area contributed by atoms with Gasteiger partial charge >= 0.3 is 12.0 Å². The van der Waals surface area contributed by atoms with Gasteiger partial charge in [-0.1, -0.05) is 32.0 Å². The molecule has 0 radical (unpaired) electrons. The average Bonchev–Trinajstić information content (AvgIpc) is 3.43. The van der Waals surface area contributed by atoms with E-state index in [9.17, 15) is 19.5 Å². The first kappa shape index (κ1) is 27.3. The molecule has 11 heteroatoms. The molecule has 0 spiro atoms. The normalized spacial score (nSPS) is 15.6. The van der Waals surface area contributed by atoms with Crippen molar-refractivity contribution in [3.05, 3.63) is 53.4 Å². The predicted octanol–water partition coefficient (Wildman–Crippen LogP) is 3.11. The molecule has 0 aliphatic carbocycles. The molecule has 1 fully saturated rings. The van der Waals surface area contributed by atoms with Gasteiger partial charge in [0.2, 0.25) is 11.8 Å². The number of aromatic nitrogens is 2. The topological polar surface area (TPSA) is 144 Å². The van der Waals surface area contributed by atoms with Gasteiger partial charge in [0.25, 0.3) is 0 Å². The van der Waals surface area contributed by atoms with Gasteiger partial charge in [-0.3, -0.25) is 4.79 Å². The van der Waals surface area contributed by atoms with E-state index in [0.29, 0.717) is 32.7 Å². The molecular formula is C27H35N5O6. The van der Waals surface area contributed by atoms with E-state index in [2.05, 4.69) is 4.98 Å². The van der Waals surface area contributed by atoms with Crippen molar-refractivity contribution >= 4 is 28.8 Å². The van der Waals surface area contributed by atoms with Gasteiger partial charge in [0, 0.05) is 43.7 Å². The maximum atomic E-state index is 14.0. The number of hydrogen-bond acceptors (Lipinski definition) is 7. The number of amides is 3. The minimum absolute atomic E-state index is 0.0282. The minimum atomic E-state index is -1.25. The summed E-state index contributed by atoms with van der Waals surface area (Å²) in [5.74, 6) is -1.63. The number of hydrogen-bond donors (Lipinski definition) is 2. The van der Waals surface area contributed by atoms with Gasteiger partial charge < -0.3 is 29.5 Å². The predicted molar refractivity (Wildman–Crippen MR) is 140 cm³/mol. The summed E-state index contributed by atoms with van der Waals surface area (Å²) >= 11 is 0. The molecule has 3 amide bonds. The number of oxazole rings is 1. The van der Waals surface area contributed by atoms with Crippen LogP contribution in [-0.2, 0) is 23.0 Å². The number of morpholine rings is 1. The van der Waals surface area contributed by atoms with Crippen molar-refractivity contribution < 1.29 is 28.6 Å². The Morgan fingerprint density at radius 2 is 1.87 bits per heavy atom. The molecule has 0 unspecified atom stereocenters. The number of carboxylic acids is 1. The Bertz CT molecular complexity index is 1320. The largest absolute Gasteiger partial charge is 0.476 e. The van der Waals surface area contributed by atoms with Crippen LogP contribution in [0.25, 0.3) is 10.9 Å². The Balaban J connectivity index is 1.85. The number of carboxylic acid groups (broad SMARTS) is 1. The summed E-state index contributed by atoms with van der Waals surface area (Å²) in [6, 6.07) is 5.30. The van der Waals surface area contributed by atoms with E-state index in [0.717, 1.165) is 21.4 Å². The number of ether oxygens (including phenoxy) is 1. The van der Waals surface area contributed by atoms with Crippen molar-refractivity contribution in [2.45, 2.75) is 45.7 Å². The van der Waals surface area contributed by atoms with Crippen LogP contribution >= 0.6 is 0 Å². The highest BCUT2D eigenvalue weighted by molar-refractivity contribution is 5.97. The number of aryl methyl sites for hydroxylation is 2. The molecular weight excluding hydrogens is 490 g/mol. The van der Waals surface area contributed by atoms with Gasteiger partial charge in [0.05, 0.1) is 19.3 Å². The molecule has 1 aliphatic rings. The maximum Gasteiger partial charge on any atom is 0.358 e. The molecule has 3 heterocycles. The summed E-state index contributed by atoms with van der Waals surface area (Å²) in [6.45, 7) is 6.72. The number of aromatic carboxylic acids is 1. The number of carbonyl (C=O) groups is 3. The lowest BCUT2D eigenvalue weighted by atomic mass is 10.00. The number of rotatable bonds is 8. The number of para-hydroxylation sites is 1. The number of fused-ring (bicyclic) bond motifs is 1. The molecule has 1 aromatic carbocycles. The third-order valence-corrected chi connectivity index (χ3v) is 6.77. The molecule has 2 aromatic heterocycles. The molecule has 0 saturated carbocycles. The van der Waals surface area contributed by atoms with Crippen LogP contribution in [0, 0.1) is 12.8 Å². The van der Waals surface area contributed by atoms with Crippen molar-refractivity contribution in [2.24, 2.45) is 18.7 Å². The zero-order valence-corrected chi connectivity index (χ0v) is 22.2. The molecule has 11 nitrogen and oxygen atoms in total. The van der Waals surface area contributed by atoms with Crippen LogP contribution in [0.5, 0.6) is 0 Å². The number of imide groups is 1. The van der Waals surface area contributed by atoms with Crippen LogP contribution in [0.15, 0.2) is 34.9 Å². The number of nitrogens with zero attached hydrogens (tertiary/aromatic N) is 4. The first-order chi connectivity index (χ1) is 18.1. The van der Waals surface area contributed by atoms with Crippen LogP contribution < -0.4 is 5.73 Å². The summed E-state index contributed by atoms with van der Waals surface area (Å²) in [5.41, 5.74) is 7.90. The summed E-state index contributed by atoms with van der Waals surface area (Å²) in [4.78, 5) is 46.6. The summed E-state index contributed by atoms with van der Waals surface area (Å²) in [5, 5.41) is 10.6. The third-order valence-electron chi connectivity index (χ3n) is 6.77. The zero-order chi connectivity index (χ0) is 27.6. The van der Waals surface area contributed by atoms with Crippen molar-refractivity contribution in [3.8, 4) is 0 Å². The Hall–Kier alpha value is -3.70. The fourth-order valence-electron chi connectivity index (χ4n) is 4.92. The Kier molecular flexibility index (Phi) is 8.17. The molecule has 1 saturated heterocycles. The maximum absolute atomic E-state index is 14.0. The third kappa shape index (κ3) is 5.58. The van der Waals surface area contributed by atoms with E-state index in [4.69, 9.17) is 14.9 Å². The van der Waals surface area contributed by atoms with Gasteiger partial charge in [0.15, 0.2) is 5.69 Å². The molecule has 38 heavy (non-hydrogen) atoms. The van der Waals surface area contributed by atoms with Crippen molar-refractivity contribution in [3.63, 3.8) is 0 Å². The number of carbonyl (C=O) groups excluding carboxylic acids is 2. The molecule has 3 N–H and O–H groups in total. The van der Waals surface area contributed by atoms with Crippen LogP contribution in [0.4, 0.5) is 4.79 Å². The molecule has 1 aliphatic heterocycles. The van der Waals surface area contributed by atoms with Gasteiger partial charge in [-0.25, -0.2) is 19.5 Å².